The molecule has 0 N–H and O–H groups in total. The number of hydrogen-bond donors (Lipinski definition) is 0. The van der Waals surface area contributed by atoms with Gasteiger partial charge in [0.1, 0.15) is 0 Å². The molecule has 2 aliphatic carbocycles. The molecule has 6 rings (SSSR count). The first-order valence-electron chi connectivity index (χ1n) is 12.4. The van der Waals surface area contributed by atoms with Gasteiger partial charge in [0.05, 0.1) is 0 Å². The van der Waals surface area contributed by atoms with Crippen LogP contribution in [0.25, 0.3) is 0 Å². The molecule has 0 saturated carbocycles. The van der Waals surface area contributed by atoms with Crippen LogP contribution in [0, 0.1) is 12.2 Å². The van der Waals surface area contributed by atoms with Crippen molar-refractivity contribution in [2.24, 2.45) is 0 Å². The van der Waals surface area contributed by atoms with E-state index in [2.05, 4.69) is 148 Å². The third-order valence-electron chi connectivity index (χ3n) is 6.14. The molecule has 2 unspecified atom stereocenters. The Kier molecular flexibility index (Phi) is 14.1. The van der Waals surface area contributed by atoms with E-state index < -0.39 is 0 Å². The van der Waals surface area contributed by atoms with Gasteiger partial charge in [0.25, 0.3) is 0 Å². The summed E-state index contributed by atoms with van der Waals surface area (Å²) in [6.45, 7) is 13.0. The largest absolute Gasteiger partial charge is 4.00 e. The number of anilines is 2. The van der Waals surface area contributed by atoms with Crippen LogP contribution in [0.2, 0.25) is 13.1 Å². The summed E-state index contributed by atoms with van der Waals surface area (Å²) in [7, 11) is 0.750. The molecule has 2 aliphatic heterocycles. The molecule has 0 fully saturated rings. The number of hydrogen-bond acceptors (Lipinski definition) is 2. The molecule has 2 atom stereocenters. The average molecular weight is 638 g/mol. The van der Waals surface area contributed by atoms with Crippen LogP contribution in [0.1, 0.15) is 27.7 Å². The van der Waals surface area contributed by atoms with Gasteiger partial charge in [-0.25, -0.2) is 0 Å². The molecule has 6 heteroatoms. The van der Waals surface area contributed by atoms with Crippen LogP contribution in [-0.2, 0) is 26.2 Å². The van der Waals surface area contributed by atoms with Gasteiger partial charge in [-0.1, -0.05) is 74.7 Å². The molecule has 2 heterocycles. The molecule has 2 aromatic rings. The van der Waals surface area contributed by atoms with E-state index in [1.54, 1.807) is 0 Å². The van der Waals surface area contributed by atoms with Crippen molar-refractivity contribution < 1.29 is 51.0 Å². The molecule has 4 aliphatic rings. The second kappa shape index (κ2) is 15.7. The predicted molar refractivity (Wildman–Crippen MR) is 153 cm³/mol. The Balaban J connectivity index is 0.000000322. The van der Waals surface area contributed by atoms with Crippen molar-refractivity contribution in [2.75, 3.05) is 9.80 Å². The Hall–Kier alpha value is -1.84. The van der Waals surface area contributed by atoms with Gasteiger partial charge in [-0.2, -0.15) is 0 Å². The molecule has 0 amide bonds. The topological polar surface area (TPSA) is 6.48 Å². The number of allylic oxidation sites excluding steroid dienone is 6. The van der Waals surface area contributed by atoms with Gasteiger partial charge < -0.3 is 34.6 Å². The van der Waals surface area contributed by atoms with E-state index in [9.17, 15) is 0 Å². The van der Waals surface area contributed by atoms with Crippen molar-refractivity contribution in [3.63, 3.8) is 0 Å². The fourth-order valence-corrected chi connectivity index (χ4v) is 4.84. The molecule has 0 spiro atoms. The minimum absolute atomic E-state index is 0. The van der Waals surface area contributed by atoms with Gasteiger partial charge in [-0.15, -0.1) is 58.7 Å². The second-order valence-electron chi connectivity index (χ2n) is 9.31. The zero-order valence-corrected chi connectivity index (χ0v) is 28.1. The number of benzene rings is 2. The minimum Gasteiger partial charge on any atom is -1.00 e. The van der Waals surface area contributed by atoms with E-state index in [1.807, 2.05) is 0 Å². The fraction of sp³-hybridized carbons (Fsp3) is 0.250. The molecular weight excluding hydrogens is 603 g/mol. The smallest absolute Gasteiger partial charge is 1.00 e. The molecule has 0 aromatic heterocycles. The van der Waals surface area contributed by atoms with Crippen LogP contribution >= 0.6 is 0 Å². The quantitative estimate of drug-likeness (QED) is 0.364. The van der Waals surface area contributed by atoms with E-state index in [-0.39, 0.29) is 51.0 Å². The molecule has 2 aromatic carbocycles. The van der Waals surface area contributed by atoms with Crippen LogP contribution in [0.15, 0.2) is 119 Å². The van der Waals surface area contributed by atoms with E-state index in [0.717, 1.165) is 9.52 Å². The van der Waals surface area contributed by atoms with Gasteiger partial charge in [0.2, 0.25) is 0 Å². The van der Waals surface area contributed by atoms with Crippen LogP contribution in [0.4, 0.5) is 11.4 Å². The van der Waals surface area contributed by atoms with Crippen molar-refractivity contribution >= 4 is 20.9 Å². The molecule has 38 heavy (non-hydrogen) atoms. The zero-order chi connectivity index (χ0) is 24.9. The maximum atomic E-state index is 3.39. The van der Waals surface area contributed by atoms with E-state index in [1.165, 1.54) is 45.1 Å². The summed E-state index contributed by atoms with van der Waals surface area (Å²) in [5, 5.41) is 0. The van der Waals surface area contributed by atoms with Crippen molar-refractivity contribution in [1.29, 1.82) is 0 Å². The van der Waals surface area contributed by atoms with Crippen molar-refractivity contribution in [2.45, 2.75) is 52.9 Å². The fourth-order valence-electron chi connectivity index (χ4n) is 4.84. The Bertz CT molecular complexity index is 1150. The monoisotopic (exact) mass is 635 g/mol. The maximum absolute atomic E-state index is 3.39. The molecular formula is C32H35Cl2N2SiZr. The van der Waals surface area contributed by atoms with Crippen molar-refractivity contribution in [3.05, 3.63) is 131 Å². The Morgan fingerprint density at radius 3 is 1.26 bits per heavy atom. The summed E-state index contributed by atoms with van der Waals surface area (Å²) in [6.07, 6.45) is 15.7. The minimum atomic E-state index is 0. The van der Waals surface area contributed by atoms with Crippen molar-refractivity contribution in [3.8, 4) is 0 Å². The number of rotatable bonds is 2. The van der Waals surface area contributed by atoms with Crippen molar-refractivity contribution in [1.82, 2.24) is 0 Å². The molecule has 1 radical (unpaired) electrons. The first kappa shape index (κ1) is 34.2. The van der Waals surface area contributed by atoms with Gasteiger partial charge in [-0.3, -0.25) is 0 Å². The first-order valence-corrected chi connectivity index (χ1v) is 14.7. The van der Waals surface area contributed by atoms with Gasteiger partial charge >= 0.3 is 26.2 Å². The summed E-state index contributed by atoms with van der Waals surface area (Å²) < 4.78 is 0. The van der Waals surface area contributed by atoms with Gasteiger partial charge in [0, 0.05) is 33.0 Å². The summed E-state index contributed by atoms with van der Waals surface area (Å²) in [5.74, 6) is 0. The zero-order valence-electron chi connectivity index (χ0n) is 23.0. The summed E-state index contributed by atoms with van der Waals surface area (Å²) in [6, 6.07) is 21.9. The standard InChI is InChI=1S/2C15H14N.C2H7Si.2ClH.Zr/c2*1-11-8-13-10-12(2)16(15(13)9-11)14-6-4-3-5-7-14;1-3-2;;;/h2*3-7,9-10,12H,1-2H3;3H,1-2H3;2*1H;/q2*-1;;;;+4/p-2. The summed E-state index contributed by atoms with van der Waals surface area (Å²) in [4.78, 5) is 4.72. The maximum Gasteiger partial charge on any atom is 4.00 e. The van der Waals surface area contributed by atoms with Crippen LogP contribution in [0.3, 0.4) is 0 Å². The third kappa shape index (κ3) is 7.63. The SMILES string of the molecule is CC1=[C-]C2=CC(C)N(c3ccccc3)C2=C1.CC1=[C-]C2=CC(C)N(c3ccccc3)C2=C1.C[SiH]C.[Cl-].[Cl-].[Zr+4]. The summed E-state index contributed by atoms with van der Waals surface area (Å²) >= 11 is 0. The van der Waals surface area contributed by atoms with E-state index in [0.29, 0.717) is 12.1 Å². The van der Waals surface area contributed by atoms with Crippen LogP contribution in [0.5, 0.6) is 0 Å². The summed E-state index contributed by atoms with van der Waals surface area (Å²) in [5.41, 5.74) is 10.0. The second-order valence-corrected chi connectivity index (χ2v) is 10.5. The molecule has 2 nitrogen and oxygen atoms in total. The third-order valence-corrected chi connectivity index (χ3v) is 6.14. The number of fused-ring (bicyclic) bond motifs is 2. The molecule has 0 saturated heterocycles. The van der Waals surface area contributed by atoms with E-state index >= 15 is 0 Å². The predicted octanol–water partition coefficient (Wildman–Crippen LogP) is 1.46. The van der Waals surface area contributed by atoms with Gasteiger partial charge in [0.15, 0.2) is 0 Å². The molecule has 0 bridgehead atoms. The Morgan fingerprint density at radius 1 is 0.632 bits per heavy atom. The normalized spacial score (nSPS) is 19.6. The van der Waals surface area contributed by atoms with Crippen LogP contribution in [-0.4, -0.2) is 21.6 Å². The number of para-hydroxylation sites is 2. The first-order chi connectivity index (χ1) is 16.9. The number of halogens is 2. The Labute approximate surface area is 263 Å². The number of nitrogens with zero attached hydrogens (tertiary/aromatic N) is 2. The van der Waals surface area contributed by atoms with E-state index in [4.69, 9.17) is 0 Å². The molecule has 195 valence electrons. The van der Waals surface area contributed by atoms with Crippen LogP contribution < -0.4 is 34.6 Å². The van der Waals surface area contributed by atoms with Gasteiger partial charge in [-0.05, 0) is 38.1 Å². The Morgan fingerprint density at radius 2 is 0.947 bits per heavy atom. The average Bonchev–Trinajstić information content (AvgIpc) is 3.53.